The van der Waals surface area contributed by atoms with E-state index < -0.39 is 24.2 Å². The molecule has 0 radical (unpaired) electrons. The summed E-state index contributed by atoms with van der Waals surface area (Å²) in [6.45, 7) is 2.45. The molecule has 170 valence electrons. The van der Waals surface area contributed by atoms with Crippen molar-refractivity contribution in [3.8, 4) is 0 Å². The van der Waals surface area contributed by atoms with Gasteiger partial charge in [-0.1, -0.05) is 72.9 Å². The first kappa shape index (κ1) is 25.0. The number of ketones is 1. The van der Waals surface area contributed by atoms with Crippen LogP contribution in [0, 0.1) is 0 Å². The lowest BCUT2D eigenvalue weighted by Gasteiger charge is -2.22. The zero-order chi connectivity index (χ0) is 23.3. The number of ether oxygens (including phenoxy) is 2. The molecule has 2 aromatic carbocycles. The van der Waals surface area contributed by atoms with Gasteiger partial charge in [0, 0.05) is 17.7 Å². The van der Waals surface area contributed by atoms with Crippen LogP contribution in [0.25, 0.3) is 0 Å². The molecule has 8 heteroatoms. The maximum atomic E-state index is 13.1. The van der Waals surface area contributed by atoms with Crippen molar-refractivity contribution in [1.29, 1.82) is 0 Å². The predicted molar refractivity (Wildman–Crippen MR) is 126 cm³/mol. The number of unbranched alkanes of at least 4 members (excludes halogenated alkanes) is 1. The molecule has 1 amide bonds. The Bertz CT molecular complexity index is 905. The van der Waals surface area contributed by atoms with E-state index in [0.29, 0.717) is 35.5 Å². The number of Topliss-reactive ketones (excluding diaryl/α,β-unsaturated/α-hetero) is 1. The number of methoxy groups -OCH3 is 1. The lowest BCUT2D eigenvalue weighted by atomic mass is 9.99. The number of nitrogens with one attached hydrogen (secondary N) is 2. The summed E-state index contributed by atoms with van der Waals surface area (Å²) in [6, 6.07) is 16.5. The first-order valence-corrected chi connectivity index (χ1v) is 10.8. The van der Waals surface area contributed by atoms with Crippen molar-refractivity contribution in [1.82, 2.24) is 10.6 Å². The normalized spacial score (nSPS) is 12.2. The Morgan fingerprint density at radius 2 is 1.59 bits per heavy atom. The molecular weight excluding hydrogens is 428 g/mol. The van der Waals surface area contributed by atoms with E-state index >= 15 is 0 Å². The zero-order valence-corrected chi connectivity index (χ0v) is 19.0. The summed E-state index contributed by atoms with van der Waals surface area (Å²) in [6.07, 6.45) is -0.182. The standard InChI is InChI=1S/C24H28N2O5S/c1-17(32)25-16-10-9-15-20(26-24(29)30-2)23(28)31-22(19-13-7-4-8-14-19)21(27)18-11-5-3-6-12-18/h3-8,11-14,20,22H,9-10,15-16H2,1-2H3,(H,25,32)(H,26,29)/t20-,22?/m0/s1. The molecule has 2 rings (SSSR count). The largest absolute Gasteiger partial charge is 0.453 e. The number of alkyl carbamates (subject to hydrolysis) is 1. The van der Waals surface area contributed by atoms with Crippen LogP contribution in [0.3, 0.4) is 0 Å². The number of carbonyl (C=O) groups excluding carboxylic acids is 3. The summed E-state index contributed by atoms with van der Waals surface area (Å²) in [4.78, 5) is 38.6. The quantitative estimate of drug-likeness (QED) is 0.229. The van der Waals surface area contributed by atoms with Gasteiger partial charge in [-0.25, -0.2) is 9.59 Å². The third-order valence-electron chi connectivity index (χ3n) is 4.69. The minimum atomic E-state index is -1.13. The molecule has 0 aliphatic heterocycles. The second-order valence-corrected chi connectivity index (χ2v) is 7.74. The van der Waals surface area contributed by atoms with Crippen LogP contribution >= 0.6 is 12.2 Å². The lowest BCUT2D eigenvalue weighted by molar-refractivity contribution is -0.150. The van der Waals surface area contributed by atoms with Gasteiger partial charge in [-0.2, -0.15) is 0 Å². The van der Waals surface area contributed by atoms with E-state index in [9.17, 15) is 14.4 Å². The van der Waals surface area contributed by atoms with Gasteiger partial charge < -0.3 is 20.1 Å². The van der Waals surface area contributed by atoms with E-state index in [2.05, 4.69) is 15.4 Å². The van der Waals surface area contributed by atoms with E-state index in [4.69, 9.17) is 17.0 Å². The third-order valence-corrected chi connectivity index (χ3v) is 4.83. The molecule has 2 N–H and O–H groups in total. The van der Waals surface area contributed by atoms with E-state index in [1.807, 2.05) is 6.07 Å². The smallest absolute Gasteiger partial charge is 0.407 e. The Labute approximate surface area is 193 Å². The second kappa shape index (κ2) is 13.2. The van der Waals surface area contributed by atoms with Gasteiger partial charge in [0.2, 0.25) is 5.78 Å². The van der Waals surface area contributed by atoms with Crippen LogP contribution in [0.2, 0.25) is 0 Å². The molecule has 0 spiro atoms. The number of esters is 1. The van der Waals surface area contributed by atoms with Crippen LogP contribution in [0.15, 0.2) is 60.7 Å². The number of thiocarbonyl (C=S) groups is 1. The fourth-order valence-electron chi connectivity index (χ4n) is 3.04. The maximum Gasteiger partial charge on any atom is 0.407 e. The Morgan fingerprint density at radius 1 is 0.969 bits per heavy atom. The summed E-state index contributed by atoms with van der Waals surface area (Å²) in [5.41, 5.74) is 0.973. The topological polar surface area (TPSA) is 93.7 Å². The SMILES string of the molecule is COC(=O)N[C@@H](CCCCNC(C)=S)C(=O)OC(C(=O)c1ccccc1)c1ccccc1. The third kappa shape index (κ3) is 8.11. The van der Waals surface area contributed by atoms with Gasteiger partial charge in [-0.05, 0) is 26.2 Å². The minimum Gasteiger partial charge on any atom is -0.453 e. The second-order valence-electron chi connectivity index (χ2n) is 7.13. The lowest BCUT2D eigenvalue weighted by Crippen LogP contribution is -2.42. The minimum absolute atomic E-state index is 0.327. The summed E-state index contributed by atoms with van der Waals surface area (Å²) >= 11 is 4.98. The average molecular weight is 457 g/mol. The van der Waals surface area contributed by atoms with Gasteiger partial charge in [-0.15, -0.1) is 0 Å². The molecule has 0 aliphatic rings. The Morgan fingerprint density at radius 3 is 2.19 bits per heavy atom. The molecule has 0 aliphatic carbocycles. The molecule has 2 atom stereocenters. The molecule has 0 heterocycles. The van der Waals surface area contributed by atoms with Crippen LogP contribution in [0.5, 0.6) is 0 Å². The zero-order valence-electron chi connectivity index (χ0n) is 18.2. The Kier molecular flexibility index (Phi) is 10.3. The van der Waals surface area contributed by atoms with Crippen molar-refractivity contribution in [2.75, 3.05) is 13.7 Å². The van der Waals surface area contributed by atoms with E-state index in [1.165, 1.54) is 7.11 Å². The van der Waals surface area contributed by atoms with E-state index in [-0.39, 0.29) is 5.78 Å². The molecule has 0 aromatic heterocycles. The van der Waals surface area contributed by atoms with Gasteiger partial charge in [0.15, 0.2) is 6.10 Å². The van der Waals surface area contributed by atoms with Crippen molar-refractivity contribution < 1.29 is 23.9 Å². The average Bonchev–Trinajstić information content (AvgIpc) is 2.81. The molecule has 0 bridgehead atoms. The van der Waals surface area contributed by atoms with Crippen LogP contribution in [-0.2, 0) is 14.3 Å². The highest BCUT2D eigenvalue weighted by Crippen LogP contribution is 2.23. The molecule has 1 unspecified atom stereocenters. The van der Waals surface area contributed by atoms with Gasteiger partial charge >= 0.3 is 12.1 Å². The summed E-state index contributed by atoms with van der Waals surface area (Å²) in [5.74, 6) is -1.05. The van der Waals surface area contributed by atoms with E-state index in [1.54, 1.807) is 61.5 Å². The van der Waals surface area contributed by atoms with Gasteiger partial charge in [-0.3, -0.25) is 4.79 Å². The number of carbonyl (C=O) groups is 3. The number of hydrogen-bond donors (Lipinski definition) is 2. The summed E-state index contributed by atoms with van der Waals surface area (Å²) < 4.78 is 10.3. The van der Waals surface area contributed by atoms with Crippen molar-refractivity contribution in [3.63, 3.8) is 0 Å². The molecular formula is C24H28N2O5S. The van der Waals surface area contributed by atoms with Crippen molar-refractivity contribution in [2.24, 2.45) is 0 Å². The van der Waals surface area contributed by atoms with Crippen LogP contribution in [0.4, 0.5) is 4.79 Å². The molecule has 0 fully saturated rings. The van der Waals surface area contributed by atoms with Crippen LogP contribution in [0.1, 0.15) is 48.2 Å². The number of rotatable bonds is 11. The van der Waals surface area contributed by atoms with Crippen molar-refractivity contribution in [3.05, 3.63) is 71.8 Å². The molecule has 0 saturated heterocycles. The Hall–Kier alpha value is -3.26. The highest BCUT2D eigenvalue weighted by atomic mass is 32.1. The van der Waals surface area contributed by atoms with Crippen LogP contribution in [-0.4, -0.2) is 42.5 Å². The fourth-order valence-corrected chi connectivity index (χ4v) is 3.14. The van der Waals surface area contributed by atoms with Gasteiger partial charge in [0.25, 0.3) is 0 Å². The number of amides is 1. The van der Waals surface area contributed by atoms with Crippen molar-refractivity contribution >= 4 is 35.1 Å². The summed E-state index contributed by atoms with van der Waals surface area (Å²) in [5, 5.41) is 5.55. The van der Waals surface area contributed by atoms with Gasteiger partial charge in [0.1, 0.15) is 6.04 Å². The summed E-state index contributed by atoms with van der Waals surface area (Å²) in [7, 11) is 1.22. The van der Waals surface area contributed by atoms with E-state index in [0.717, 1.165) is 6.42 Å². The molecule has 0 saturated carbocycles. The van der Waals surface area contributed by atoms with Gasteiger partial charge in [0.05, 0.1) is 12.1 Å². The molecule has 7 nitrogen and oxygen atoms in total. The van der Waals surface area contributed by atoms with Crippen LogP contribution < -0.4 is 10.6 Å². The monoisotopic (exact) mass is 456 g/mol. The highest BCUT2D eigenvalue weighted by molar-refractivity contribution is 7.80. The molecule has 32 heavy (non-hydrogen) atoms. The predicted octanol–water partition coefficient (Wildman–Crippen LogP) is 3.99. The molecule has 2 aromatic rings. The number of hydrogen-bond acceptors (Lipinski definition) is 6. The highest BCUT2D eigenvalue weighted by Gasteiger charge is 2.30. The number of benzene rings is 2. The maximum absolute atomic E-state index is 13.1. The fraction of sp³-hybridized carbons (Fsp3) is 0.333. The van der Waals surface area contributed by atoms with Crippen molar-refractivity contribution in [2.45, 2.75) is 38.3 Å². The first-order chi connectivity index (χ1) is 15.4. The Balaban J connectivity index is 2.16. The first-order valence-electron chi connectivity index (χ1n) is 10.4.